The molecule has 0 spiro atoms. The number of rotatable bonds is 4. The summed E-state index contributed by atoms with van der Waals surface area (Å²) in [5.74, 6) is -0.360. The van der Waals surface area contributed by atoms with Crippen molar-refractivity contribution in [2.75, 3.05) is 6.61 Å². The Morgan fingerprint density at radius 2 is 2.40 bits per heavy atom. The average Bonchev–Trinajstić information content (AvgIpc) is 2.66. The number of nitrogens with zero attached hydrogens (tertiary/aromatic N) is 1. The summed E-state index contributed by atoms with van der Waals surface area (Å²) in [6.07, 6.45) is 1.75. The standard InChI is InChI=1S/C10H11Cl2NO2/c1-2-15-10(14)9-4-3-5-13(9)7-8(12)6-11/h3-6H,2,7H2,1H3/b8-6-. The lowest BCUT2D eigenvalue weighted by molar-refractivity contribution is 0.0514. The fourth-order valence-corrected chi connectivity index (χ4v) is 1.34. The molecule has 0 atom stereocenters. The maximum atomic E-state index is 11.5. The van der Waals surface area contributed by atoms with Crippen molar-refractivity contribution in [3.63, 3.8) is 0 Å². The lowest BCUT2D eigenvalue weighted by Crippen LogP contribution is -2.11. The lowest BCUT2D eigenvalue weighted by atomic mass is 10.4. The van der Waals surface area contributed by atoms with E-state index < -0.39 is 0 Å². The molecule has 1 heterocycles. The monoisotopic (exact) mass is 247 g/mol. The highest BCUT2D eigenvalue weighted by Crippen LogP contribution is 2.11. The fourth-order valence-electron chi connectivity index (χ4n) is 1.14. The van der Waals surface area contributed by atoms with Gasteiger partial charge in [-0.1, -0.05) is 23.2 Å². The molecule has 15 heavy (non-hydrogen) atoms. The van der Waals surface area contributed by atoms with E-state index in [1.807, 2.05) is 0 Å². The first-order valence-electron chi connectivity index (χ1n) is 4.46. The van der Waals surface area contributed by atoms with Crippen molar-refractivity contribution in [3.8, 4) is 0 Å². The first kappa shape index (κ1) is 12.1. The number of carbonyl (C=O) groups excluding carboxylic acids is 1. The Bertz CT molecular complexity index is 371. The number of aromatic nitrogens is 1. The van der Waals surface area contributed by atoms with E-state index in [1.54, 1.807) is 29.8 Å². The van der Waals surface area contributed by atoms with Crippen molar-refractivity contribution >= 4 is 29.2 Å². The van der Waals surface area contributed by atoms with Gasteiger partial charge in [0.05, 0.1) is 13.2 Å². The van der Waals surface area contributed by atoms with Crippen molar-refractivity contribution < 1.29 is 9.53 Å². The van der Waals surface area contributed by atoms with Gasteiger partial charge < -0.3 is 9.30 Å². The minimum Gasteiger partial charge on any atom is -0.461 e. The molecule has 0 amide bonds. The van der Waals surface area contributed by atoms with Gasteiger partial charge in [-0.2, -0.15) is 0 Å². The average molecular weight is 248 g/mol. The van der Waals surface area contributed by atoms with Crippen molar-refractivity contribution in [3.05, 3.63) is 34.6 Å². The third-order valence-corrected chi connectivity index (χ3v) is 2.36. The lowest BCUT2D eigenvalue weighted by Gasteiger charge is -2.07. The molecule has 0 aliphatic carbocycles. The molecule has 0 aliphatic heterocycles. The number of hydrogen-bond donors (Lipinski definition) is 0. The molecule has 1 aromatic heterocycles. The van der Waals surface area contributed by atoms with Crippen LogP contribution in [0, 0.1) is 0 Å². The smallest absolute Gasteiger partial charge is 0.354 e. The van der Waals surface area contributed by atoms with Crippen LogP contribution in [-0.4, -0.2) is 17.1 Å². The van der Waals surface area contributed by atoms with E-state index in [4.69, 9.17) is 27.9 Å². The van der Waals surface area contributed by atoms with Gasteiger partial charge in [0.2, 0.25) is 0 Å². The second-order valence-corrected chi connectivity index (χ2v) is 3.50. The molecule has 0 aliphatic rings. The summed E-state index contributed by atoms with van der Waals surface area (Å²) in [4.78, 5) is 11.5. The first-order valence-corrected chi connectivity index (χ1v) is 5.27. The summed E-state index contributed by atoms with van der Waals surface area (Å²) in [7, 11) is 0. The van der Waals surface area contributed by atoms with Crippen LogP contribution < -0.4 is 0 Å². The maximum Gasteiger partial charge on any atom is 0.354 e. The molecule has 3 nitrogen and oxygen atoms in total. The first-order chi connectivity index (χ1) is 7.19. The second kappa shape index (κ2) is 5.83. The van der Waals surface area contributed by atoms with Gasteiger partial charge in [0.25, 0.3) is 0 Å². The SMILES string of the molecule is CCOC(=O)c1cccn1C/C(Cl)=C/Cl. The number of ether oxygens (including phenoxy) is 1. The summed E-state index contributed by atoms with van der Waals surface area (Å²) in [6.45, 7) is 2.48. The van der Waals surface area contributed by atoms with Gasteiger partial charge in [-0.05, 0) is 19.1 Å². The molecule has 0 aromatic carbocycles. The Hall–Kier alpha value is -0.930. The predicted octanol–water partition coefficient (Wildman–Crippen LogP) is 2.98. The Morgan fingerprint density at radius 3 is 3.00 bits per heavy atom. The fraction of sp³-hybridized carbons (Fsp3) is 0.300. The van der Waals surface area contributed by atoms with E-state index in [0.29, 0.717) is 23.9 Å². The van der Waals surface area contributed by atoms with Gasteiger partial charge >= 0.3 is 5.97 Å². The van der Waals surface area contributed by atoms with Gasteiger partial charge in [-0.15, -0.1) is 0 Å². The molecular formula is C10H11Cl2NO2. The van der Waals surface area contributed by atoms with E-state index in [2.05, 4.69) is 0 Å². The van der Waals surface area contributed by atoms with Crippen molar-refractivity contribution in [2.45, 2.75) is 13.5 Å². The summed E-state index contributed by atoms with van der Waals surface area (Å²) in [6, 6.07) is 3.43. The van der Waals surface area contributed by atoms with Crippen LogP contribution in [0.4, 0.5) is 0 Å². The quantitative estimate of drug-likeness (QED) is 0.767. The maximum absolute atomic E-state index is 11.5. The van der Waals surface area contributed by atoms with Gasteiger partial charge in [0.15, 0.2) is 0 Å². The Morgan fingerprint density at radius 1 is 1.67 bits per heavy atom. The van der Waals surface area contributed by atoms with Crippen molar-refractivity contribution in [1.29, 1.82) is 0 Å². The van der Waals surface area contributed by atoms with Crippen LogP contribution in [0.3, 0.4) is 0 Å². The minimum absolute atomic E-state index is 0.350. The third kappa shape index (κ3) is 3.29. The second-order valence-electron chi connectivity index (χ2n) is 2.80. The van der Waals surface area contributed by atoms with Crippen LogP contribution in [0.25, 0.3) is 0 Å². The van der Waals surface area contributed by atoms with Gasteiger partial charge in [-0.25, -0.2) is 4.79 Å². The zero-order valence-corrected chi connectivity index (χ0v) is 9.76. The third-order valence-electron chi connectivity index (χ3n) is 1.75. The zero-order chi connectivity index (χ0) is 11.3. The van der Waals surface area contributed by atoms with Crippen LogP contribution in [-0.2, 0) is 11.3 Å². The topological polar surface area (TPSA) is 31.2 Å². The molecule has 1 aromatic rings. The normalized spacial score (nSPS) is 11.5. The predicted molar refractivity (Wildman–Crippen MR) is 60.2 cm³/mol. The molecule has 5 heteroatoms. The molecule has 0 saturated heterocycles. The largest absolute Gasteiger partial charge is 0.461 e. The van der Waals surface area contributed by atoms with E-state index in [1.165, 1.54) is 5.54 Å². The van der Waals surface area contributed by atoms with E-state index in [-0.39, 0.29) is 5.97 Å². The molecule has 0 fully saturated rings. The highest BCUT2D eigenvalue weighted by Gasteiger charge is 2.11. The van der Waals surface area contributed by atoms with E-state index in [0.717, 1.165) is 0 Å². The molecule has 82 valence electrons. The number of allylic oxidation sites excluding steroid dienone is 1. The Labute approximate surface area is 98.2 Å². The van der Waals surface area contributed by atoms with Gasteiger partial charge in [-0.3, -0.25) is 0 Å². The summed E-state index contributed by atoms with van der Waals surface area (Å²) < 4.78 is 6.57. The summed E-state index contributed by atoms with van der Waals surface area (Å²) in [5.41, 5.74) is 1.74. The van der Waals surface area contributed by atoms with Crippen LogP contribution in [0.15, 0.2) is 28.9 Å². The minimum atomic E-state index is -0.360. The van der Waals surface area contributed by atoms with Crippen LogP contribution in [0.2, 0.25) is 0 Å². The Balaban J connectivity index is 2.82. The summed E-state index contributed by atoms with van der Waals surface area (Å²) in [5, 5.41) is 0.457. The number of hydrogen-bond acceptors (Lipinski definition) is 2. The molecule has 0 saturated carbocycles. The Kier molecular flexibility index (Phi) is 4.72. The number of halogens is 2. The van der Waals surface area contributed by atoms with Crippen LogP contribution in [0.1, 0.15) is 17.4 Å². The number of carbonyl (C=O) groups is 1. The van der Waals surface area contributed by atoms with E-state index >= 15 is 0 Å². The molecule has 1 rings (SSSR count). The highest BCUT2D eigenvalue weighted by atomic mass is 35.5. The van der Waals surface area contributed by atoms with Crippen molar-refractivity contribution in [2.24, 2.45) is 0 Å². The van der Waals surface area contributed by atoms with Crippen LogP contribution in [0.5, 0.6) is 0 Å². The molecular weight excluding hydrogens is 237 g/mol. The molecule has 0 N–H and O–H groups in total. The van der Waals surface area contributed by atoms with E-state index in [9.17, 15) is 4.79 Å². The summed E-state index contributed by atoms with van der Waals surface area (Å²) >= 11 is 11.2. The van der Waals surface area contributed by atoms with Gasteiger partial charge in [0.1, 0.15) is 5.69 Å². The highest BCUT2D eigenvalue weighted by molar-refractivity contribution is 6.36. The molecule has 0 radical (unpaired) electrons. The zero-order valence-electron chi connectivity index (χ0n) is 8.24. The van der Waals surface area contributed by atoms with Crippen LogP contribution >= 0.6 is 23.2 Å². The molecule has 0 bridgehead atoms. The van der Waals surface area contributed by atoms with Gasteiger partial charge in [0, 0.05) is 16.8 Å². The van der Waals surface area contributed by atoms with Crippen molar-refractivity contribution in [1.82, 2.24) is 4.57 Å². The number of esters is 1. The molecule has 0 unspecified atom stereocenters.